The lowest BCUT2D eigenvalue weighted by Crippen LogP contribution is -2.41. The lowest BCUT2D eigenvalue weighted by Gasteiger charge is -2.24. The molecule has 1 aliphatic carbocycles. The van der Waals surface area contributed by atoms with Crippen LogP contribution in [0.2, 0.25) is 0 Å². The first-order valence-electron chi connectivity index (χ1n) is 6.91. The van der Waals surface area contributed by atoms with Crippen molar-refractivity contribution in [3.63, 3.8) is 0 Å². The quantitative estimate of drug-likeness (QED) is 0.570. The summed E-state index contributed by atoms with van der Waals surface area (Å²) in [6, 6.07) is 0. The number of rotatable bonds is 7. The number of hydrogen-bond donors (Lipinski definition) is 1. The molecule has 0 amide bonds. The van der Waals surface area contributed by atoms with Gasteiger partial charge in [-0.3, -0.25) is 0 Å². The number of aliphatic hydroxyl groups is 1. The maximum atomic E-state index is 13.0. The molecule has 1 saturated carbocycles. The fraction of sp³-hybridized carbons (Fsp3) is 1.00. The van der Waals surface area contributed by atoms with Gasteiger partial charge in [0.25, 0.3) is 5.92 Å². The molecule has 2 nitrogen and oxygen atoms in total. The molecule has 1 atom stereocenters. The van der Waals surface area contributed by atoms with E-state index in [0.29, 0.717) is 12.3 Å². The Labute approximate surface area is 115 Å². The molecule has 20 heavy (non-hydrogen) atoms. The summed E-state index contributed by atoms with van der Waals surface area (Å²) in [6.45, 7) is -0.570. The maximum Gasteiger partial charge on any atom is 0.394 e. The number of alkyl halides is 5. The van der Waals surface area contributed by atoms with E-state index in [-0.39, 0.29) is 6.61 Å². The Morgan fingerprint density at radius 2 is 1.65 bits per heavy atom. The Kier molecular flexibility index (Phi) is 6.64. The predicted molar refractivity (Wildman–Crippen MR) is 63.6 cm³/mol. The predicted octanol–water partition coefficient (Wildman–Crippen LogP) is 3.92. The fourth-order valence-corrected chi connectivity index (χ4v) is 2.43. The minimum atomic E-state index is -5.01. The van der Waals surface area contributed by atoms with Gasteiger partial charge in [-0.2, -0.15) is 13.2 Å². The first-order chi connectivity index (χ1) is 9.21. The van der Waals surface area contributed by atoms with E-state index in [4.69, 9.17) is 9.84 Å². The Morgan fingerprint density at radius 3 is 2.20 bits per heavy atom. The molecule has 1 aliphatic rings. The average Bonchev–Trinajstić information content (AvgIpc) is 2.32. The SMILES string of the molecule is OC(COCCC1CCCCC1)C(F)(F)CC(F)(F)F. The summed E-state index contributed by atoms with van der Waals surface area (Å²) in [5.41, 5.74) is 0. The summed E-state index contributed by atoms with van der Waals surface area (Å²) in [6.07, 6.45) is -3.38. The standard InChI is InChI=1S/C13H21F5O2/c14-12(15,9-13(16,17)18)11(19)8-20-7-6-10-4-2-1-3-5-10/h10-11,19H,1-9H2. The van der Waals surface area contributed by atoms with Gasteiger partial charge in [0.1, 0.15) is 12.5 Å². The second kappa shape index (κ2) is 7.54. The molecule has 1 N–H and O–H groups in total. The van der Waals surface area contributed by atoms with Crippen LogP contribution in [0, 0.1) is 5.92 Å². The second-order valence-electron chi connectivity index (χ2n) is 5.44. The lowest BCUT2D eigenvalue weighted by atomic mass is 9.87. The van der Waals surface area contributed by atoms with E-state index in [2.05, 4.69) is 0 Å². The van der Waals surface area contributed by atoms with Gasteiger partial charge in [0, 0.05) is 6.61 Å². The summed E-state index contributed by atoms with van der Waals surface area (Å²) < 4.78 is 66.7. The topological polar surface area (TPSA) is 29.5 Å². The van der Waals surface area contributed by atoms with E-state index < -0.39 is 31.2 Å². The Hall–Kier alpha value is -0.430. The average molecular weight is 304 g/mol. The summed E-state index contributed by atoms with van der Waals surface area (Å²) >= 11 is 0. The number of hydrogen-bond acceptors (Lipinski definition) is 2. The molecule has 0 aromatic carbocycles. The Morgan fingerprint density at radius 1 is 1.05 bits per heavy atom. The van der Waals surface area contributed by atoms with Crippen molar-refractivity contribution in [1.82, 2.24) is 0 Å². The van der Waals surface area contributed by atoms with E-state index in [9.17, 15) is 22.0 Å². The molecule has 1 unspecified atom stereocenters. The monoisotopic (exact) mass is 304 g/mol. The molecule has 7 heteroatoms. The van der Waals surface area contributed by atoms with Crippen molar-refractivity contribution in [2.75, 3.05) is 13.2 Å². The lowest BCUT2D eigenvalue weighted by molar-refractivity contribution is -0.221. The highest BCUT2D eigenvalue weighted by atomic mass is 19.4. The molecule has 1 rings (SSSR count). The number of aliphatic hydroxyl groups excluding tert-OH is 1. The van der Waals surface area contributed by atoms with Gasteiger partial charge < -0.3 is 9.84 Å². The zero-order chi connectivity index (χ0) is 15.2. The minimum absolute atomic E-state index is 0.198. The summed E-state index contributed by atoms with van der Waals surface area (Å²) in [5.74, 6) is -3.71. The molecule has 0 heterocycles. The minimum Gasteiger partial charge on any atom is -0.384 e. The highest BCUT2D eigenvalue weighted by Crippen LogP contribution is 2.34. The van der Waals surface area contributed by atoms with Crippen LogP contribution in [-0.2, 0) is 4.74 Å². The van der Waals surface area contributed by atoms with E-state index in [0.717, 1.165) is 25.7 Å². The van der Waals surface area contributed by atoms with Crippen molar-refractivity contribution in [2.45, 2.75) is 63.1 Å². The van der Waals surface area contributed by atoms with Gasteiger partial charge in [-0.1, -0.05) is 32.1 Å². The van der Waals surface area contributed by atoms with E-state index >= 15 is 0 Å². The molecule has 0 aromatic rings. The van der Waals surface area contributed by atoms with Crippen molar-refractivity contribution in [3.05, 3.63) is 0 Å². The van der Waals surface area contributed by atoms with Crippen LogP contribution in [0.5, 0.6) is 0 Å². The van der Waals surface area contributed by atoms with Gasteiger partial charge in [-0.05, 0) is 12.3 Å². The van der Waals surface area contributed by atoms with Crippen molar-refractivity contribution in [1.29, 1.82) is 0 Å². The molecular formula is C13H21F5O2. The summed E-state index contributed by atoms with van der Waals surface area (Å²) in [7, 11) is 0. The third-order valence-corrected chi connectivity index (χ3v) is 3.59. The summed E-state index contributed by atoms with van der Waals surface area (Å²) in [5, 5.41) is 9.10. The zero-order valence-corrected chi connectivity index (χ0v) is 11.3. The van der Waals surface area contributed by atoms with Crippen LogP contribution in [0.15, 0.2) is 0 Å². The van der Waals surface area contributed by atoms with Crippen molar-refractivity contribution in [2.24, 2.45) is 5.92 Å². The molecule has 0 aliphatic heterocycles. The van der Waals surface area contributed by atoms with Crippen LogP contribution in [0.4, 0.5) is 22.0 Å². The van der Waals surface area contributed by atoms with Crippen molar-refractivity contribution in [3.8, 4) is 0 Å². The van der Waals surface area contributed by atoms with Gasteiger partial charge in [-0.15, -0.1) is 0 Å². The molecule has 0 bridgehead atoms. The first kappa shape index (κ1) is 17.6. The van der Waals surface area contributed by atoms with E-state index in [1.165, 1.54) is 6.42 Å². The Bertz CT molecular complexity index is 274. The molecule has 0 saturated heterocycles. The smallest absolute Gasteiger partial charge is 0.384 e. The first-order valence-corrected chi connectivity index (χ1v) is 6.91. The molecule has 0 spiro atoms. The molecule has 120 valence electrons. The molecule has 0 aromatic heterocycles. The van der Waals surface area contributed by atoms with Crippen LogP contribution >= 0.6 is 0 Å². The van der Waals surface area contributed by atoms with Crippen molar-refractivity contribution >= 4 is 0 Å². The number of ether oxygens (including phenoxy) is 1. The third kappa shape index (κ3) is 6.83. The van der Waals surface area contributed by atoms with Gasteiger partial charge in [0.15, 0.2) is 0 Å². The number of halogens is 5. The summed E-state index contributed by atoms with van der Waals surface area (Å²) in [4.78, 5) is 0. The second-order valence-corrected chi connectivity index (χ2v) is 5.44. The maximum absolute atomic E-state index is 13.0. The van der Waals surface area contributed by atoms with Crippen LogP contribution in [0.1, 0.15) is 44.9 Å². The largest absolute Gasteiger partial charge is 0.394 e. The zero-order valence-electron chi connectivity index (χ0n) is 11.3. The van der Waals surface area contributed by atoms with Gasteiger partial charge >= 0.3 is 6.18 Å². The normalized spacial score (nSPS) is 20.1. The third-order valence-electron chi connectivity index (χ3n) is 3.59. The van der Waals surface area contributed by atoms with E-state index in [1.807, 2.05) is 0 Å². The van der Waals surface area contributed by atoms with Crippen LogP contribution in [0.3, 0.4) is 0 Å². The molecular weight excluding hydrogens is 283 g/mol. The van der Waals surface area contributed by atoms with E-state index in [1.54, 1.807) is 0 Å². The van der Waals surface area contributed by atoms with Crippen LogP contribution in [-0.4, -0.2) is 36.5 Å². The Balaban J connectivity index is 2.19. The highest BCUT2D eigenvalue weighted by Gasteiger charge is 2.48. The van der Waals surface area contributed by atoms with Gasteiger partial charge in [-0.25, -0.2) is 8.78 Å². The highest BCUT2D eigenvalue weighted by molar-refractivity contribution is 4.79. The van der Waals surface area contributed by atoms with Gasteiger partial charge in [0.2, 0.25) is 0 Å². The fourth-order valence-electron chi connectivity index (χ4n) is 2.43. The van der Waals surface area contributed by atoms with Crippen LogP contribution in [0.25, 0.3) is 0 Å². The van der Waals surface area contributed by atoms with Gasteiger partial charge in [0.05, 0.1) is 6.61 Å². The molecule has 0 radical (unpaired) electrons. The van der Waals surface area contributed by atoms with Crippen LogP contribution < -0.4 is 0 Å². The van der Waals surface area contributed by atoms with Crippen molar-refractivity contribution < 1.29 is 31.8 Å². The molecule has 1 fully saturated rings.